The number of hydrogen-bond acceptors (Lipinski definition) is 7. The number of nitro benzene ring substituents is 1. The van der Waals surface area contributed by atoms with Crippen molar-refractivity contribution in [3.8, 4) is 23.0 Å². The van der Waals surface area contributed by atoms with Crippen LogP contribution in [0.25, 0.3) is 0 Å². The maximum Gasteiger partial charge on any atom is 0.269 e. The highest BCUT2D eigenvalue weighted by Gasteiger charge is 2.23. The van der Waals surface area contributed by atoms with Gasteiger partial charge in [0.15, 0.2) is 0 Å². The Hall–Kier alpha value is -5.83. The van der Waals surface area contributed by atoms with Crippen molar-refractivity contribution in [2.24, 2.45) is 0 Å². The Balaban J connectivity index is 1.47. The van der Waals surface area contributed by atoms with Crippen LogP contribution in [0, 0.1) is 10.1 Å². The highest BCUT2D eigenvalue weighted by Crippen LogP contribution is 2.40. The Bertz CT molecular complexity index is 2410. The van der Waals surface area contributed by atoms with Gasteiger partial charge in [-0.2, -0.15) is 0 Å². The first-order chi connectivity index (χ1) is 37.8. The number of para-hydroxylation sites is 3. The lowest BCUT2D eigenvalue weighted by Gasteiger charge is -2.23. The Labute approximate surface area is 463 Å². The molecule has 1 N–H and O–H groups in total. The van der Waals surface area contributed by atoms with Crippen molar-refractivity contribution < 1.29 is 28.7 Å². The molecular formula is C68H94N2O7. The lowest BCUT2D eigenvalue weighted by Crippen LogP contribution is -2.23. The summed E-state index contributed by atoms with van der Waals surface area (Å²) >= 11 is 0. The van der Waals surface area contributed by atoms with Crippen LogP contribution >= 0.6 is 0 Å². The zero-order chi connectivity index (χ0) is 54.3. The zero-order valence-electron chi connectivity index (χ0n) is 47.8. The molecule has 9 nitrogen and oxygen atoms in total. The van der Waals surface area contributed by atoms with Crippen molar-refractivity contribution in [2.45, 2.75) is 214 Å². The standard InChI is InChI=1S/C68H94N2O7/c1-5-9-13-17-21-25-42-74-64-55-32-29-33-56(64)49-58-35-31-37-60(66(58)76-44-27-23-19-15-11-7-3)51-62-47-53(52-69-68(71)54-38-40-63(41-39-54)70(72)73)46-61(67(62)77-45-28-24-20-16-12-8-4)50-59-36-30-34-57(48-55)65(59)75-43-26-22-18-14-10-6-2/h29-41,46-47H,5-28,42-45,48-52H2,1-4H3,(H,69,71). The van der Waals surface area contributed by atoms with Gasteiger partial charge in [0.05, 0.1) is 31.4 Å². The summed E-state index contributed by atoms with van der Waals surface area (Å²) in [6.07, 6.45) is 30.7. The summed E-state index contributed by atoms with van der Waals surface area (Å²) < 4.78 is 28.2. The maximum absolute atomic E-state index is 13.7. The molecule has 1 aliphatic rings. The van der Waals surface area contributed by atoms with Crippen LogP contribution in [0.2, 0.25) is 0 Å². The van der Waals surface area contributed by atoms with Crippen LogP contribution in [0.4, 0.5) is 5.69 Å². The molecule has 1 amide bonds. The first kappa shape index (κ1) is 60.4. The van der Waals surface area contributed by atoms with Gasteiger partial charge in [0.25, 0.3) is 11.6 Å². The summed E-state index contributed by atoms with van der Waals surface area (Å²) in [6, 6.07) is 30.1. The van der Waals surface area contributed by atoms with Crippen LogP contribution < -0.4 is 24.3 Å². The van der Waals surface area contributed by atoms with Crippen LogP contribution in [0.3, 0.4) is 0 Å². The van der Waals surface area contributed by atoms with E-state index in [1.165, 1.54) is 127 Å². The van der Waals surface area contributed by atoms with Crippen LogP contribution in [0.1, 0.15) is 242 Å². The number of carbonyl (C=O) groups is 1. The number of nitro groups is 1. The highest BCUT2D eigenvalue weighted by molar-refractivity contribution is 5.94. The molecule has 418 valence electrons. The SMILES string of the molecule is CCCCCCCCOc1c2cccc1Cc1cccc(c1OCCCCCCCC)Cc1cc(CNC(=O)c3ccc([N+](=O)[O-])cc3)cc(c1OCCCCCCCC)Cc1cccc(c1OCCCCCCCC)C2. The first-order valence-electron chi connectivity index (χ1n) is 30.3. The number of rotatable bonds is 36. The van der Waals surface area contributed by atoms with Crippen LogP contribution in [-0.4, -0.2) is 37.3 Å². The molecule has 77 heavy (non-hydrogen) atoms. The summed E-state index contributed by atoms with van der Waals surface area (Å²) in [4.78, 5) is 24.7. The van der Waals surface area contributed by atoms with E-state index in [1.807, 2.05) is 0 Å². The minimum absolute atomic E-state index is 0.0532. The number of ether oxygens (including phenoxy) is 4. The molecule has 5 aromatic carbocycles. The van der Waals surface area contributed by atoms with E-state index in [0.29, 0.717) is 57.7 Å². The fraction of sp³-hybridized carbons (Fsp3) is 0.544. The predicted octanol–water partition coefficient (Wildman–Crippen LogP) is 18.2. The molecule has 0 atom stereocenters. The van der Waals surface area contributed by atoms with Gasteiger partial charge in [0.1, 0.15) is 23.0 Å². The second kappa shape index (κ2) is 34.8. The highest BCUT2D eigenvalue weighted by atomic mass is 16.6. The molecule has 9 heteroatoms. The molecule has 0 aliphatic heterocycles. The first-order valence-corrected chi connectivity index (χ1v) is 30.3. The molecule has 6 rings (SSSR count). The molecule has 0 unspecified atom stereocenters. The molecule has 0 heterocycles. The summed E-state index contributed by atoms with van der Waals surface area (Å²) in [5.41, 5.74) is 10.1. The third-order valence-corrected chi connectivity index (χ3v) is 15.1. The predicted molar refractivity (Wildman–Crippen MR) is 317 cm³/mol. The van der Waals surface area contributed by atoms with E-state index < -0.39 is 4.92 Å². The second-order valence-electron chi connectivity index (χ2n) is 21.6. The fourth-order valence-corrected chi connectivity index (χ4v) is 10.7. The van der Waals surface area contributed by atoms with E-state index in [1.54, 1.807) is 0 Å². The van der Waals surface area contributed by atoms with Crippen molar-refractivity contribution in [1.29, 1.82) is 0 Å². The summed E-state index contributed by atoms with van der Waals surface area (Å²) in [5.74, 6) is 3.41. The van der Waals surface area contributed by atoms with Crippen molar-refractivity contribution in [3.63, 3.8) is 0 Å². The smallest absolute Gasteiger partial charge is 0.269 e. The average Bonchev–Trinajstić information content (AvgIpc) is 3.44. The van der Waals surface area contributed by atoms with Crippen molar-refractivity contribution in [2.75, 3.05) is 26.4 Å². The monoisotopic (exact) mass is 1050 g/mol. The third kappa shape index (κ3) is 20.2. The Kier molecular flexibility index (Phi) is 27.3. The Morgan fingerprint density at radius 2 is 0.701 bits per heavy atom. The number of hydrogen-bond donors (Lipinski definition) is 1. The number of unbranched alkanes of at least 4 members (excludes halogenated alkanes) is 20. The zero-order valence-corrected chi connectivity index (χ0v) is 47.8. The topological polar surface area (TPSA) is 109 Å². The minimum Gasteiger partial charge on any atom is -0.493 e. The minimum atomic E-state index is -0.449. The summed E-state index contributed by atoms with van der Waals surface area (Å²) in [7, 11) is 0. The number of benzene rings is 5. The molecule has 1 aliphatic carbocycles. The molecule has 0 aromatic heterocycles. The van der Waals surface area contributed by atoms with Gasteiger partial charge < -0.3 is 24.3 Å². The lowest BCUT2D eigenvalue weighted by atomic mass is 9.90. The van der Waals surface area contributed by atoms with Gasteiger partial charge >= 0.3 is 0 Å². The van der Waals surface area contributed by atoms with E-state index in [2.05, 4.69) is 99.7 Å². The molecule has 0 spiro atoms. The van der Waals surface area contributed by atoms with E-state index in [9.17, 15) is 14.9 Å². The number of fused-ring (bicyclic) bond motifs is 8. The molecule has 8 bridgehead atoms. The molecular weight excluding hydrogens is 957 g/mol. The van der Waals surface area contributed by atoms with E-state index in [0.717, 1.165) is 124 Å². The second-order valence-corrected chi connectivity index (χ2v) is 21.6. The van der Waals surface area contributed by atoms with Crippen molar-refractivity contribution >= 4 is 11.6 Å². The number of nitrogens with zero attached hydrogens (tertiary/aromatic N) is 1. The average molecular weight is 1050 g/mol. The Morgan fingerprint density at radius 3 is 1.01 bits per heavy atom. The van der Waals surface area contributed by atoms with Gasteiger partial charge in [-0.15, -0.1) is 0 Å². The van der Waals surface area contributed by atoms with Crippen molar-refractivity contribution in [1.82, 2.24) is 5.32 Å². The summed E-state index contributed by atoms with van der Waals surface area (Å²) in [5, 5.41) is 14.6. The number of non-ortho nitro benzene ring substituents is 1. The van der Waals surface area contributed by atoms with Gasteiger partial charge in [0.2, 0.25) is 0 Å². The number of carbonyl (C=O) groups excluding carboxylic acids is 1. The van der Waals surface area contributed by atoms with E-state index >= 15 is 0 Å². The van der Waals surface area contributed by atoms with Crippen LogP contribution in [0.5, 0.6) is 23.0 Å². The molecule has 0 saturated carbocycles. The fourth-order valence-electron chi connectivity index (χ4n) is 10.7. The maximum atomic E-state index is 13.7. The quantitative estimate of drug-likeness (QED) is 0.0237. The largest absolute Gasteiger partial charge is 0.493 e. The van der Waals surface area contributed by atoms with Crippen LogP contribution in [-0.2, 0) is 32.2 Å². The van der Waals surface area contributed by atoms with Gasteiger partial charge in [-0.3, -0.25) is 14.9 Å². The molecule has 0 radical (unpaired) electrons. The van der Waals surface area contributed by atoms with Crippen LogP contribution in [0.15, 0.2) is 91.0 Å². The van der Waals surface area contributed by atoms with Gasteiger partial charge in [-0.05, 0) is 100 Å². The Morgan fingerprint density at radius 1 is 0.416 bits per heavy atom. The molecule has 0 fully saturated rings. The molecule has 5 aromatic rings. The molecule has 0 saturated heterocycles. The normalized spacial score (nSPS) is 12.1. The van der Waals surface area contributed by atoms with E-state index in [-0.39, 0.29) is 18.1 Å². The number of nitrogens with one attached hydrogen (secondary N) is 1. The number of amides is 1. The van der Waals surface area contributed by atoms with E-state index in [4.69, 9.17) is 18.9 Å². The third-order valence-electron chi connectivity index (χ3n) is 15.1. The lowest BCUT2D eigenvalue weighted by molar-refractivity contribution is -0.384. The van der Waals surface area contributed by atoms with Gasteiger partial charge in [-0.25, -0.2) is 0 Å². The van der Waals surface area contributed by atoms with Gasteiger partial charge in [0, 0.05) is 49.9 Å². The van der Waals surface area contributed by atoms with Crippen molar-refractivity contribution in [3.05, 3.63) is 157 Å². The van der Waals surface area contributed by atoms with Gasteiger partial charge in [-0.1, -0.05) is 211 Å². The summed E-state index contributed by atoms with van der Waals surface area (Å²) in [6.45, 7) is 11.8.